The van der Waals surface area contributed by atoms with E-state index in [1.165, 1.54) is 0 Å². The molecule has 2 N–H and O–H groups in total. The topological polar surface area (TPSA) is 124 Å². The van der Waals surface area contributed by atoms with Gasteiger partial charge >= 0.3 is 0 Å². The second kappa shape index (κ2) is 11.0. The highest BCUT2D eigenvalue weighted by molar-refractivity contribution is 8.18. The lowest BCUT2D eigenvalue weighted by Crippen LogP contribution is -2.38. The van der Waals surface area contributed by atoms with E-state index in [0.717, 1.165) is 61.1 Å². The smallest absolute Gasteiger partial charge is 0.290 e. The van der Waals surface area contributed by atoms with Crippen molar-refractivity contribution in [1.82, 2.24) is 25.6 Å². The van der Waals surface area contributed by atoms with Crippen molar-refractivity contribution in [2.75, 3.05) is 24.5 Å². The number of pyridine rings is 1. The first kappa shape index (κ1) is 24.1. The number of amides is 2. The molecule has 2 amide bonds. The first-order valence-electron chi connectivity index (χ1n) is 11.5. The van der Waals surface area contributed by atoms with Gasteiger partial charge < -0.3 is 10.2 Å². The van der Waals surface area contributed by atoms with E-state index in [2.05, 4.69) is 36.6 Å². The number of thioether (sulfide) groups is 1. The third kappa shape index (κ3) is 5.62. The Kier molecular flexibility index (Phi) is 7.36. The summed E-state index contributed by atoms with van der Waals surface area (Å²) < 4.78 is 0. The van der Waals surface area contributed by atoms with E-state index in [0.29, 0.717) is 34.6 Å². The summed E-state index contributed by atoms with van der Waals surface area (Å²) in [6.07, 6.45) is 7.15. The van der Waals surface area contributed by atoms with Crippen molar-refractivity contribution in [3.05, 3.63) is 63.1 Å². The van der Waals surface area contributed by atoms with Crippen LogP contribution in [0.5, 0.6) is 0 Å². The van der Waals surface area contributed by atoms with Gasteiger partial charge in [0.2, 0.25) is 5.95 Å². The van der Waals surface area contributed by atoms with Gasteiger partial charge in [-0.25, -0.2) is 9.97 Å². The minimum Gasteiger partial charge on any atom is -0.341 e. The number of nitrogens with zero attached hydrogens (tertiary/aromatic N) is 5. The molecule has 36 heavy (non-hydrogen) atoms. The van der Waals surface area contributed by atoms with Gasteiger partial charge in [0.05, 0.1) is 21.9 Å². The lowest BCUT2D eigenvalue weighted by atomic mass is 9.97. The van der Waals surface area contributed by atoms with Gasteiger partial charge in [-0.1, -0.05) is 0 Å². The number of aromatic nitrogens is 3. The van der Waals surface area contributed by atoms with Gasteiger partial charge in [-0.2, -0.15) is 16.6 Å². The Morgan fingerprint density at radius 1 is 1.25 bits per heavy atom. The fourth-order valence-corrected chi connectivity index (χ4v) is 5.53. The van der Waals surface area contributed by atoms with E-state index in [1.807, 2.05) is 29.1 Å². The van der Waals surface area contributed by atoms with Crippen molar-refractivity contribution in [2.24, 2.45) is 5.92 Å². The van der Waals surface area contributed by atoms with E-state index >= 15 is 0 Å². The van der Waals surface area contributed by atoms with Crippen molar-refractivity contribution < 1.29 is 9.59 Å². The van der Waals surface area contributed by atoms with Crippen molar-refractivity contribution in [1.29, 1.82) is 5.26 Å². The first-order chi connectivity index (χ1) is 17.6. The summed E-state index contributed by atoms with van der Waals surface area (Å²) in [6.45, 7) is 3.24. The number of thiophene rings is 1. The standard InChI is InChI=1S/C25H23N7O2S2/c26-11-19-9-17(14-29-22(19)18-4-8-35-15-18)13-27-12-16-2-6-32(7-3-16)24-28-5-1-20(30-24)10-21-23(33)31-25(34)36-21/h1,4-5,8-10,14-16,27H,2-3,6-7,12-13H2,(H,31,33,34)/b21-10-. The zero-order chi connectivity index (χ0) is 24.9. The number of hydrogen-bond donors (Lipinski definition) is 2. The maximum atomic E-state index is 11.8. The van der Waals surface area contributed by atoms with Crippen LogP contribution in [-0.4, -0.2) is 45.7 Å². The Balaban J connectivity index is 1.12. The molecule has 0 aromatic carbocycles. The third-order valence-electron chi connectivity index (χ3n) is 6.10. The van der Waals surface area contributed by atoms with Crippen LogP contribution >= 0.6 is 23.1 Å². The summed E-state index contributed by atoms with van der Waals surface area (Å²) in [7, 11) is 0. The maximum Gasteiger partial charge on any atom is 0.290 e. The van der Waals surface area contributed by atoms with E-state index in [9.17, 15) is 14.9 Å². The van der Waals surface area contributed by atoms with E-state index in [-0.39, 0.29) is 5.24 Å². The summed E-state index contributed by atoms with van der Waals surface area (Å²) >= 11 is 2.47. The average molecular weight is 518 g/mol. The molecule has 9 nitrogen and oxygen atoms in total. The summed E-state index contributed by atoms with van der Waals surface area (Å²) in [4.78, 5) is 39.2. The number of hydrogen-bond acceptors (Lipinski definition) is 10. The lowest BCUT2D eigenvalue weighted by Gasteiger charge is -2.32. The van der Waals surface area contributed by atoms with Crippen LogP contribution in [0.1, 0.15) is 29.7 Å². The third-order valence-corrected chi connectivity index (χ3v) is 7.60. The SMILES string of the molecule is N#Cc1cc(CNCC2CCN(c3nccc(/C=C4\SC(=O)NC4=O)n3)CC2)cnc1-c1ccsc1. The number of nitrogens with one attached hydrogen (secondary N) is 2. The molecule has 0 bridgehead atoms. The molecular weight excluding hydrogens is 494 g/mol. The molecule has 0 atom stereocenters. The summed E-state index contributed by atoms with van der Waals surface area (Å²) in [5, 5.41) is 18.9. The van der Waals surface area contributed by atoms with Gasteiger partial charge in [-0.3, -0.25) is 19.9 Å². The van der Waals surface area contributed by atoms with Gasteiger partial charge in [0.15, 0.2) is 0 Å². The van der Waals surface area contributed by atoms with Crippen LogP contribution < -0.4 is 15.5 Å². The molecule has 2 fully saturated rings. The van der Waals surface area contributed by atoms with Crippen LogP contribution in [-0.2, 0) is 11.3 Å². The minimum atomic E-state index is -0.392. The van der Waals surface area contributed by atoms with Crippen LogP contribution in [0, 0.1) is 17.2 Å². The average Bonchev–Trinajstić information content (AvgIpc) is 3.54. The molecule has 2 saturated heterocycles. The second-order valence-electron chi connectivity index (χ2n) is 8.56. The number of carbonyl (C=O) groups excluding carboxylic acids is 2. The molecule has 3 aromatic rings. The highest BCUT2D eigenvalue weighted by Gasteiger charge is 2.25. The van der Waals surface area contributed by atoms with Gasteiger partial charge in [0.25, 0.3) is 11.1 Å². The summed E-state index contributed by atoms with van der Waals surface area (Å²) in [6, 6.07) is 7.89. The number of piperidine rings is 1. The Morgan fingerprint density at radius 2 is 2.11 bits per heavy atom. The minimum absolute atomic E-state index is 0.340. The molecule has 0 aliphatic carbocycles. The Bertz CT molecular complexity index is 1340. The maximum absolute atomic E-state index is 11.8. The highest BCUT2D eigenvalue weighted by atomic mass is 32.2. The number of imide groups is 1. The van der Waals surface area contributed by atoms with Crippen molar-refractivity contribution >= 4 is 46.3 Å². The zero-order valence-electron chi connectivity index (χ0n) is 19.3. The fraction of sp³-hybridized carbons (Fsp3) is 0.280. The van der Waals surface area contributed by atoms with Crippen LogP contribution in [0.4, 0.5) is 10.7 Å². The van der Waals surface area contributed by atoms with E-state index < -0.39 is 5.91 Å². The molecule has 0 saturated carbocycles. The molecule has 0 radical (unpaired) electrons. The molecule has 2 aliphatic heterocycles. The molecule has 5 heterocycles. The molecule has 5 rings (SSSR count). The fourth-order valence-electron chi connectivity index (χ4n) is 4.23. The van der Waals surface area contributed by atoms with Gasteiger partial charge in [-0.05, 0) is 72.3 Å². The molecule has 0 spiro atoms. The Morgan fingerprint density at radius 3 is 2.83 bits per heavy atom. The van der Waals surface area contributed by atoms with Crippen LogP contribution in [0.2, 0.25) is 0 Å². The molecule has 11 heteroatoms. The number of nitriles is 1. The van der Waals surface area contributed by atoms with Crippen LogP contribution in [0.15, 0.2) is 46.3 Å². The van der Waals surface area contributed by atoms with Gasteiger partial charge in [0.1, 0.15) is 6.07 Å². The zero-order valence-corrected chi connectivity index (χ0v) is 20.9. The lowest BCUT2D eigenvalue weighted by molar-refractivity contribution is -0.115. The second-order valence-corrected chi connectivity index (χ2v) is 10.4. The van der Waals surface area contributed by atoms with Crippen molar-refractivity contribution in [3.63, 3.8) is 0 Å². The number of carbonyl (C=O) groups is 2. The number of anilines is 1. The molecule has 3 aromatic heterocycles. The molecule has 2 aliphatic rings. The monoisotopic (exact) mass is 517 g/mol. The van der Waals surface area contributed by atoms with Crippen LogP contribution in [0.25, 0.3) is 17.3 Å². The van der Waals surface area contributed by atoms with E-state index in [1.54, 1.807) is 29.7 Å². The highest BCUT2D eigenvalue weighted by Crippen LogP contribution is 2.26. The molecule has 0 unspecified atom stereocenters. The Hall–Kier alpha value is -3.59. The largest absolute Gasteiger partial charge is 0.341 e. The normalized spacial score (nSPS) is 17.4. The van der Waals surface area contributed by atoms with Crippen molar-refractivity contribution in [3.8, 4) is 17.3 Å². The molecular formula is C25H23N7O2S2. The van der Waals surface area contributed by atoms with Crippen molar-refractivity contribution in [2.45, 2.75) is 19.4 Å². The van der Waals surface area contributed by atoms with E-state index in [4.69, 9.17) is 0 Å². The first-order valence-corrected chi connectivity index (χ1v) is 13.3. The predicted octanol–water partition coefficient (Wildman–Crippen LogP) is 3.80. The van der Waals surface area contributed by atoms with Gasteiger partial charge in [-0.15, -0.1) is 0 Å². The summed E-state index contributed by atoms with van der Waals surface area (Å²) in [5.41, 5.74) is 3.91. The Labute approximate surface area is 216 Å². The summed E-state index contributed by atoms with van der Waals surface area (Å²) in [5.74, 6) is 0.771. The predicted molar refractivity (Wildman–Crippen MR) is 140 cm³/mol. The van der Waals surface area contributed by atoms with Gasteiger partial charge in [0, 0.05) is 43.0 Å². The van der Waals surface area contributed by atoms with Crippen LogP contribution in [0.3, 0.4) is 0 Å². The quantitative estimate of drug-likeness (QED) is 0.450. The molecule has 182 valence electrons. The number of rotatable bonds is 7.